The van der Waals surface area contributed by atoms with Gasteiger partial charge in [0.2, 0.25) is 0 Å². The van der Waals surface area contributed by atoms with Crippen LogP contribution in [0.5, 0.6) is 5.75 Å². The van der Waals surface area contributed by atoms with Gasteiger partial charge in [0.05, 0.1) is 12.2 Å². The number of hydrogen-bond acceptors (Lipinski definition) is 4. The summed E-state index contributed by atoms with van der Waals surface area (Å²) in [5.74, 6) is 0.197. The summed E-state index contributed by atoms with van der Waals surface area (Å²) in [7, 11) is 0. The molecule has 0 N–H and O–H groups in total. The molecule has 4 heteroatoms. The van der Waals surface area contributed by atoms with Gasteiger partial charge in [0.1, 0.15) is 11.9 Å². The highest BCUT2D eigenvalue weighted by Gasteiger charge is 2.09. The molecule has 0 aromatic heterocycles. The lowest BCUT2D eigenvalue weighted by molar-refractivity contribution is -0.229. The van der Waals surface area contributed by atoms with Crippen LogP contribution in [-0.4, -0.2) is 12.6 Å². The van der Waals surface area contributed by atoms with Gasteiger partial charge in [-0.1, -0.05) is 0 Å². The van der Waals surface area contributed by atoms with E-state index < -0.39 is 5.97 Å². The molecule has 0 spiro atoms. The van der Waals surface area contributed by atoms with Gasteiger partial charge < -0.3 is 4.74 Å². The van der Waals surface area contributed by atoms with Crippen molar-refractivity contribution in [3.8, 4) is 5.75 Å². The molecule has 1 radical (unpaired) electrons. The highest BCUT2D eigenvalue weighted by Crippen LogP contribution is 2.13. The van der Waals surface area contributed by atoms with Crippen LogP contribution >= 0.6 is 0 Å². The zero-order valence-corrected chi connectivity index (χ0v) is 9.65. The Balaban J connectivity index is 2.56. The third-order valence-electron chi connectivity index (χ3n) is 1.69. The van der Waals surface area contributed by atoms with E-state index in [0.717, 1.165) is 5.75 Å². The molecule has 1 rings (SSSR count). The lowest BCUT2D eigenvalue weighted by Gasteiger charge is -2.06. The number of hydrogen-bond donors (Lipinski definition) is 0. The molecule has 0 unspecified atom stereocenters. The van der Waals surface area contributed by atoms with Crippen molar-refractivity contribution in [3.63, 3.8) is 0 Å². The minimum Gasteiger partial charge on any atom is -0.494 e. The second-order valence-corrected chi connectivity index (χ2v) is 3.32. The first-order chi connectivity index (χ1) is 7.63. The van der Waals surface area contributed by atoms with E-state index in [1.807, 2.05) is 6.92 Å². The van der Waals surface area contributed by atoms with E-state index in [-0.39, 0.29) is 0 Å². The molecule has 4 nitrogen and oxygen atoms in total. The summed E-state index contributed by atoms with van der Waals surface area (Å²) in [6, 6.07) is 6.68. The van der Waals surface area contributed by atoms with Crippen LogP contribution in [0.4, 0.5) is 0 Å². The third-order valence-corrected chi connectivity index (χ3v) is 1.69. The van der Waals surface area contributed by atoms with Crippen LogP contribution in [0, 0.1) is 6.10 Å². The molecule has 0 aliphatic carbocycles. The molecule has 0 atom stereocenters. The standard InChI is InChI=1S/C12H15O4/c1-4-14-11-7-5-10(6-8-11)12(13)16-15-9(2)3/h5-8H,4H2,1-3H3. The summed E-state index contributed by atoms with van der Waals surface area (Å²) < 4.78 is 5.25. The van der Waals surface area contributed by atoms with E-state index in [1.54, 1.807) is 38.1 Å². The van der Waals surface area contributed by atoms with Gasteiger partial charge >= 0.3 is 5.97 Å². The van der Waals surface area contributed by atoms with E-state index >= 15 is 0 Å². The Bertz CT molecular complexity index is 329. The number of benzene rings is 1. The van der Waals surface area contributed by atoms with Gasteiger partial charge in [0.15, 0.2) is 0 Å². The van der Waals surface area contributed by atoms with Crippen LogP contribution in [0.25, 0.3) is 0 Å². The van der Waals surface area contributed by atoms with E-state index in [1.165, 1.54) is 0 Å². The van der Waals surface area contributed by atoms with Gasteiger partial charge in [-0.2, -0.15) is 4.89 Å². The first-order valence-electron chi connectivity index (χ1n) is 5.05. The number of carbonyl (C=O) groups excluding carboxylic acids is 1. The van der Waals surface area contributed by atoms with Crippen LogP contribution in [-0.2, 0) is 9.78 Å². The first-order valence-corrected chi connectivity index (χ1v) is 5.05. The molecule has 0 heterocycles. The summed E-state index contributed by atoms with van der Waals surface area (Å²) in [6.45, 7) is 5.89. The quantitative estimate of drug-likeness (QED) is 0.568. The van der Waals surface area contributed by atoms with Crippen LogP contribution in [0.3, 0.4) is 0 Å². The van der Waals surface area contributed by atoms with Crippen molar-refractivity contribution in [2.75, 3.05) is 6.61 Å². The molecular formula is C12H15O4. The Morgan fingerprint density at radius 2 is 1.75 bits per heavy atom. The molecule has 0 amide bonds. The molecular weight excluding hydrogens is 208 g/mol. The van der Waals surface area contributed by atoms with Crippen LogP contribution in [0.1, 0.15) is 31.1 Å². The second-order valence-electron chi connectivity index (χ2n) is 3.32. The van der Waals surface area contributed by atoms with Gasteiger partial charge in [-0.15, -0.1) is 0 Å². The minimum absolute atomic E-state index is 0.421. The van der Waals surface area contributed by atoms with E-state index in [9.17, 15) is 4.79 Å². The summed E-state index contributed by atoms with van der Waals surface area (Å²) in [6.07, 6.45) is 0.569. The molecule has 16 heavy (non-hydrogen) atoms. The zero-order valence-electron chi connectivity index (χ0n) is 9.65. The summed E-state index contributed by atoms with van der Waals surface area (Å²) in [5.41, 5.74) is 0.421. The third kappa shape index (κ3) is 3.90. The van der Waals surface area contributed by atoms with Gasteiger partial charge in [-0.25, -0.2) is 4.79 Å². The van der Waals surface area contributed by atoms with E-state index in [2.05, 4.69) is 9.78 Å². The number of rotatable bonds is 5. The Morgan fingerprint density at radius 3 is 2.25 bits per heavy atom. The Morgan fingerprint density at radius 1 is 1.12 bits per heavy atom. The van der Waals surface area contributed by atoms with E-state index in [4.69, 9.17) is 4.74 Å². The maximum atomic E-state index is 11.4. The van der Waals surface area contributed by atoms with Gasteiger partial charge in [-0.05, 0) is 45.0 Å². The molecule has 1 aromatic rings. The largest absolute Gasteiger partial charge is 0.494 e. The zero-order chi connectivity index (χ0) is 12.0. The van der Waals surface area contributed by atoms with Gasteiger partial charge in [-0.3, -0.25) is 4.89 Å². The average molecular weight is 223 g/mol. The Kier molecular flexibility index (Phi) is 4.79. The van der Waals surface area contributed by atoms with Crippen molar-refractivity contribution in [3.05, 3.63) is 35.9 Å². The van der Waals surface area contributed by atoms with Crippen molar-refractivity contribution in [1.29, 1.82) is 0 Å². The van der Waals surface area contributed by atoms with Crippen molar-refractivity contribution >= 4 is 5.97 Å². The fraction of sp³-hybridized carbons (Fsp3) is 0.333. The first kappa shape index (κ1) is 12.5. The maximum absolute atomic E-state index is 11.4. The molecule has 0 aliphatic rings. The van der Waals surface area contributed by atoms with Crippen molar-refractivity contribution in [2.24, 2.45) is 0 Å². The van der Waals surface area contributed by atoms with Crippen LogP contribution in [0.15, 0.2) is 24.3 Å². The van der Waals surface area contributed by atoms with Gasteiger partial charge in [0.25, 0.3) is 0 Å². The molecule has 0 saturated carbocycles. The fourth-order valence-corrected chi connectivity index (χ4v) is 1.02. The highest BCUT2D eigenvalue weighted by molar-refractivity contribution is 5.89. The minimum atomic E-state index is -0.524. The molecule has 0 saturated heterocycles. The lowest BCUT2D eigenvalue weighted by Crippen LogP contribution is -2.07. The van der Waals surface area contributed by atoms with Crippen molar-refractivity contribution in [1.82, 2.24) is 0 Å². The Hall–Kier alpha value is -1.55. The monoisotopic (exact) mass is 223 g/mol. The smallest absolute Gasteiger partial charge is 0.373 e. The predicted octanol–water partition coefficient (Wildman–Crippen LogP) is 2.75. The topological polar surface area (TPSA) is 44.8 Å². The molecule has 1 aromatic carbocycles. The summed E-state index contributed by atoms with van der Waals surface area (Å²) in [4.78, 5) is 20.7. The second kappa shape index (κ2) is 6.12. The molecule has 0 fully saturated rings. The SMILES string of the molecule is CCOc1ccc(C(=O)OO[C](C)C)cc1. The Labute approximate surface area is 95.1 Å². The van der Waals surface area contributed by atoms with Crippen LogP contribution < -0.4 is 4.74 Å². The molecule has 0 bridgehead atoms. The summed E-state index contributed by atoms with van der Waals surface area (Å²) in [5, 5.41) is 0. The molecule has 0 aliphatic heterocycles. The van der Waals surface area contributed by atoms with Crippen molar-refractivity contribution in [2.45, 2.75) is 20.8 Å². The van der Waals surface area contributed by atoms with E-state index in [0.29, 0.717) is 18.3 Å². The van der Waals surface area contributed by atoms with Crippen molar-refractivity contribution < 1.29 is 19.3 Å². The molecule has 87 valence electrons. The fourth-order valence-electron chi connectivity index (χ4n) is 1.02. The van der Waals surface area contributed by atoms with Crippen LogP contribution in [0.2, 0.25) is 0 Å². The average Bonchev–Trinajstić information content (AvgIpc) is 2.27. The number of carbonyl (C=O) groups is 1. The lowest BCUT2D eigenvalue weighted by atomic mass is 10.2. The number of ether oxygens (including phenoxy) is 1. The maximum Gasteiger partial charge on any atom is 0.373 e. The summed E-state index contributed by atoms with van der Waals surface area (Å²) >= 11 is 0. The highest BCUT2D eigenvalue weighted by atomic mass is 17.2. The normalized spacial score (nSPS) is 10.2. The predicted molar refractivity (Wildman–Crippen MR) is 58.7 cm³/mol. The van der Waals surface area contributed by atoms with Gasteiger partial charge in [0, 0.05) is 0 Å².